The zero-order valence-electron chi connectivity index (χ0n) is 11.8. The van der Waals surface area contributed by atoms with Crippen molar-refractivity contribution in [1.29, 1.82) is 0 Å². The van der Waals surface area contributed by atoms with Gasteiger partial charge in [0, 0.05) is 11.1 Å². The minimum Gasteiger partial charge on any atom is -0.489 e. The van der Waals surface area contributed by atoms with Crippen LogP contribution in [0.3, 0.4) is 0 Å². The molecule has 0 fully saturated rings. The smallest absolute Gasteiger partial charge is 0.148 e. The molecule has 0 saturated heterocycles. The second kappa shape index (κ2) is 5.71. The molecule has 21 heavy (non-hydrogen) atoms. The standard InChI is InChI=1S/C17H17N3O/c1-12-16(19-20-17(12)18)14-8-5-9-15(10-14)21-11-13-6-3-2-4-7-13/h2-10H,11H2,1H3,(H3,18,19,20). The van der Waals surface area contributed by atoms with Crippen LogP contribution in [0.1, 0.15) is 11.1 Å². The fourth-order valence-electron chi connectivity index (χ4n) is 2.18. The highest BCUT2D eigenvalue weighted by Gasteiger charge is 2.09. The highest BCUT2D eigenvalue weighted by atomic mass is 16.5. The SMILES string of the molecule is Cc1c(N)n[nH]c1-c1cccc(OCc2ccccc2)c1. The van der Waals surface area contributed by atoms with E-state index in [1.165, 1.54) is 0 Å². The minimum atomic E-state index is 0.528. The number of nitrogen functional groups attached to an aromatic ring is 1. The number of rotatable bonds is 4. The van der Waals surface area contributed by atoms with Gasteiger partial charge in [-0.3, -0.25) is 5.10 Å². The number of aromatic amines is 1. The lowest BCUT2D eigenvalue weighted by atomic mass is 10.1. The van der Waals surface area contributed by atoms with Crippen LogP contribution in [-0.2, 0) is 6.61 Å². The molecular weight excluding hydrogens is 262 g/mol. The van der Waals surface area contributed by atoms with E-state index < -0.39 is 0 Å². The Morgan fingerprint density at radius 3 is 2.62 bits per heavy atom. The first kappa shape index (κ1) is 13.2. The van der Waals surface area contributed by atoms with Gasteiger partial charge in [0.1, 0.15) is 18.2 Å². The summed E-state index contributed by atoms with van der Waals surface area (Å²) in [7, 11) is 0. The van der Waals surface area contributed by atoms with Gasteiger partial charge < -0.3 is 10.5 Å². The first-order valence-electron chi connectivity index (χ1n) is 6.81. The van der Waals surface area contributed by atoms with Gasteiger partial charge in [0.25, 0.3) is 0 Å². The fraction of sp³-hybridized carbons (Fsp3) is 0.118. The highest BCUT2D eigenvalue weighted by molar-refractivity contribution is 5.68. The maximum atomic E-state index is 5.84. The monoisotopic (exact) mass is 279 g/mol. The number of nitrogens with two attached hydrogens (primary N) is 1. The third-order valence-electron chi connectivity index (χ3n) is 3.42. The van der Waals surface area contributed by atoms with Gasteiger partial charge in [-0.15, -0.1) is 0 Å². The Morgan fingerprint density at radius 1 is 1.10 bits per heavy atom. The molecule has 3 rings (SSSR count). The lowest BCUT2D eigenvalue weighted by molar-refractivity contribution is 0.306. The second-order valence-corrected chi connectivity index (χ2v) is 4.91. The summed E-state index contributed by atoms with van der Waals surface area (Å²) >= 11 is 0. The number of H-pyrrole nitrogens is 1. The Morgan fingerprint density at radius 2 is 1.90 bits per heavy atom. The van der Waals surface area contributed by atoms with E-state index in [1.807, 2.05) is 61.5 Å². The highest BCUT2D eigenvalue weighted by Crippen LogP contribution is 2.27. The summed E-state index contributed by atoms with van der Waals surface area (Å²) in [5.74, 6) is 1.35. The predicted molar refractivity (Wildman–Crippen MR) is 83.9 cm³/mol. The molecule has 0 bridgehead atoms. The average molecular weight is 279 g/mol. The molecule has 3 aromatic rings. The van der Waals surface area contributed by atoms with Gasteiger partial charge in [-0.1, -0.05) is 42.5 Å². The van der Waals surface area contributed by atoms with Gasteiger partial charge in [0.15, 0.2) is 0 Å². The summed E-state index contributed by atoms with van der Waals surface area (Å²) in [4.78, 5) is 0. The minimum absolute atomic E-state index is 0.528. The van der Waals surface area contributed by atoms with Crippen LogP contribution >= 0.6 is 0 Å². The number of nitrogens with one attached hydrogen (secondary N) is 1. The van der Waals surface area contributed by atoms with E-state index in [1.54, 1.807) is 0 Å². The fourth-order valence-corrected chi connectivity index (χ4v) is 2.18. The molecule has 4 heteroatoms. The van der Waals surface area contributed by atoms with Gasteiger partial charge in [-0.25, -0.2) is 0 Å². The first-order valence-corrected chi connectivity index (χ1v) is 6.81. The largest absolute Gasteiger partial charge is 0.489 e. The van der Waals surface area contributed by atoms with Crippen LogP contribution in [0.25, 0.3) is 11.3 Å². The third kappa shape index (κ3) is 2.89. The molecule has 0 aliphatic rings. The first-order chi connectivity index (χ1) is 10.2. The van der Waals surface area contributed by atoms with Crippen molar-refractivity contribution in [3.63, 3.8) is 0 Å². The predicted octanol–water partition coefficient (Wildman–Crippen LogP) is 3.55. The number of anilines is 1. The van der Waals surface area contributed by atoms with E-state index in [0.717, 1.165) is 28.1 Å². The summed E-state index contributed by atoms with van der Waals surface area (Å²) in [5, 5.41) is 6.99. The molecule has 0 saturated carbocycles. The van der Waals surface area contributed by atoms with Crippen LogP contribution in [0.5, 0.6) is 5.75 Å². The van der Waals surface area contributed by atoms with Gasteiger partial charge in [-0.05, 0) is 24.6 Å². The zero-order chi connectivity index (χ0) is 14.7. The van der Waals surface area contributed by atoms with Crippen molar-refractivity contribution in [2.75, 3.05) is 5.73 Å². The number of benzene rings is 2. The molecule has 106 valence electrons. The van der Waals surface area contributed by atoms with Crippen molar-refractivity contribution in [2.24, 2.45) is 0 Å². The quantitative estimate of drug-likeness (QED) is 0.767. The van der Waals surface area contributed by atoms with Gasteiger partial charge in [-0.2, -0.15) is 5.10 Å². The van der Waals surface area contributed by atoms with E-state index in [2.05, 4.69) is 10.2 Å². The van der Waals surface area contributed by atoms with Crippen LogP contribution in [0.15, 0.2) is 54.6 Å². The van der Waals surface area contributed by atoms with Crippen molar-refractivity contribution in [3.8, 4) is 17.0 Å². The van der Waals surface area contributed by atoms with E-state index in [0.29, 0.717) is 12.4 Å². The van der Waals surface area contributed by atoms with E-state index in [4.69, 9.17) is 10.5 Å². The molecule has 0 radical (unpaired) electrons. The number of hydrogen-bond acceptors (Lipinski definition) is 3. The molecule has 0 aliphatic carbocycles. The average Bonchev–Trinajstić information content (AvgIpc) is 2.86. The molecule has 3 N–H and O–H groups in total. The molecule has 0 atom stereocenters. The van der Waals surface area contributed by atoms with Crippen LogP contribution in [0.2, 0.25) is 0 Å². The Bertz CT molecular complexity index is 735. The Labute approximate surface area is 123 Å². The maximum absolute atomic E-state index is 5.84. The van der Waals surface area contributed by atoms with Crippen LogP contribution in [0.4, 0.5) is 5.82 Å². The van der Waals surface area contributed by atoms with Crippen molar-refractivity contribution >= 4 is 5.82 Å². The number of nitrogens with zero attached hydrogens (tertiary/aromatic N) is 1. The molecule has 0 aliphatic heterocycles. The lowest BCUT2D eigenvalue weighted by Gasteiger charge is -2.08. The molecule has 0 unspecified atom stereocenters. The van der Waals surface area contributed by atoms with Gasteiger partial charge in [0.2, 0.25) is 0 Å². The van der Waals surface area contributed by atoms with Crippen molar-refractivity contribution in [2.45, 2.75) is 13.5 Å². The normalized spacial score (nSPS) is 10.5. The molecule has 4 nitrogen and oxygen atoms in total. The maximum Gasteiger partial charge on any atom is 0.148 e. The lowest BCUT2D eigenvalue weighted by Crippen LogP contribution is -1.95. The van der Waals surface area contributed by atoms with Gasteiger partial charge in [0.05, 0.1) is 5.69 Å². The van der Waals surface area contributed by atoms with E-state index >= 15 is 0 Å². The number of hydrogen-bond donors (Lipinski definition) is 2. The van der Waals surface area contributed by atoms with Crippen LogP contribution < -0.4 is 10.5 Å². The summed E-state index contributed by atoms with van der Waals surface area (Å²) < 4.78 is 5.84. The number of aromatic nitrogens is 2. The third-order valence-corrected chi connectivity index (χ3v) is 3.42. The Balaban J connectivity index is 1.79. The topological polar surface area (TPSA) is 63.9 Å². The summed E-state index contributed by atoms with van der Waals surface area (Å²) in [6, 6.07) is 18.0. The second-order valence-electron chi connectivity index (χ2n) is 4.91. The molecule has 1 heterocycles. The molecule has 1 aromatic heterocycles. The van der Waals surface area contributed by atoms with Crippen molar-refractivity contribution < 1.29 is 4.74 Å². The Kier molecular flexibility index (Phi) is 3.60. The van der Waals surface area contributed by atoms with Crippen LogP contribution in [0, 0.1) is 6.92 Å². The van der Waals surface area contributed by atoms with E-state index in [-0.39, 0.29) is 0 Å². The molecule has 0 amide bonds. The van der Waals surface area contributed by atoms with E-state index in [9.17, 15) is 0 Å². The number of ether oxygens (including phenoxy) is 1. The summed E-state index contributed by atoms with van der Waals surface area (Å²) in [6.45, 7) is 2.50. The van der Waals surface area contributed by atoms with Gasteiger partial charge >= 0.3 is 0 Å². The summed E-state index contributed by atoms with van der Waals surface area (Å²) in [5.41, 5.74) is 9.82. The van der Waals surface area contributed by atoms with Crippen molar-refractivity contribution in [1.82, 2.24) is 10.2 Å². The molecule has 0 spiro atoms. The molecular formula is C17H17N3O. The Hall–Kier alpha value is -2.75. The van der Waals surface area contributed by atoms with Crippen molar-refractivity contribution in [3.05, 3.63) is 65.7 Å². The van der Waals surface area contributed by atoms with Crippen LogP contribution in [-0.4, -0.2) is 10.2 Å². The molecule has 2 aromatic carbocycles. The summed E-state index contributed by atoms with van der Waals surface area (Å²) in [6.07, 6.45) is 0. The zero-order valence-corrected chi connectivity index (χ0v) is 11.8.